The standard InChI is InChI=1S/C15H18N4O/c1-10-5-4-8-19(10)15(20)13-9-17-14(18-16)12-7-3-2-6-11(12)13/h2-3,6-7,9-10H,4-5,8,16H2,1H3,(H,17,18). The highest BCUT2D eigenvalue weighted by atomic mass is 16.2. The number of rotatable bonds is 2. The number of carbonyl (C=O) groups is 1. The number of aromatic nitrogens is 1. The summed E-state index contributed by atoms with van der Waals surface area (Å²) in [6.07, 6.45) is 3.76. The van der Waals surface area contributed by atoms with Crippen LogP contribution in [0.5, 0.6) is 0 Å². The number of carbonyl (C=O) groups excluding carboxylic acids is 1. The molecule has 1 aromatic heterocycles. The van der Waals surface area contributed by atoms with Crippen LogP contribution in [0.25, 0.3) is 10.8 Å². The molecule has 0 spiro atoms. The Balaban J connectivity index is 2.10. The number of pyridine rings is 1. The van der Waals surface area contributed by atoms with Gasteiger partial charge in [0, 0.05) is 24.2 Å². The Kier molecular flexibility index (Phi) is 3.28. The maximum atomic E-state index is 12.7. The van der Waals surface area contributed by atoms with Crippen molar-refractivity contribution in [3.05, 3.63) is 36.0 Å². The third kappa shape index (κ3) is 2.00. The van der Waals surface area contributed by atoms with E-state index in [1.165, 1.54) is 0 Å². The fourth-order valence-corrected chi connectivity index (χ4v) is 2.87. The highest BCUT2D eigenvalue weighted by Gasteiger charge is 2.27. The minimum absolute atomic E-state index is 0.0577. The Hall–Kier alpha value is -2.14. The molecule has 0 aliphatic carbocycles. The number of anilines is 1. The van der Waals surface area contributed by atoms with Gasteiger partial charge in [-0.15, -0.1) is 0 Å². The monoisotopic (exact) mass is 270 g/mol. The fourth-order valence-electron chi connectivity index (χ4n) is 2.87. The molecule has 5 nitrogen and oxygen atoms in total. The van der Waals surface area contributed by atoms with Crippen molar-refractivity contribution >= 4 is 22.5 Å². The second kappa shape index (κ2) is 5.09. The van der Waals surface area contributed by atoms with E-state index in [1.807, 2.05) is 29.2 Å². The summed E-state index contributed by atoms with van der Waals surface area (Å²) in [5.41, 5.74) is 3.23. The molecule has 2 aromatic rings. The van der Waals surface area contributed by atoms with Crippen LogP contribution in [0.4, 0.5) is 5.82 Å². The number of amides is 1. The number of benzene rings is 1. The predicted molar refractivity (Wildman–Crippen MR) is 79.3 cm³/mol. The number of hydrazine groups is 1. The lowest BCUT2D eigenvalue weighted by atomic mass is 10.1. The molecular formula is C15H18N4O. The number of hydrogen-bond donors (Lipinski definition) is 2. The molecular weight excluding hydrogens is 252 g/mol. The summed E-state index contributed by atoms with van der Waals surface area (Å²) < 4.78 is 0. The molecule has 1 aromatic carbocycles. The zero-order valence-corrected chi connectivity index (χ0v) is 11.5. The lowest BCUT2D eigenvalue weighted by molar-refractivity contribution is 0.0749. The van der Waals surface area contributed by atoms with Crippen molar-refractivity contribution in [1.29, 1.82) is 0 Å². The number of nitrogens with two attached hydrogens (primary N) is 1. The summed E-state index contributed by atoms with van der Waals surface area (Å²) in [7, 11) is 0. The Morgan fingerprint density at radius 1 is 1.40 bits per heavy atom. The van der Waals surface area contributed by atoms with Crippen LogP contribution in [0.1, 0.15) is 30.1 Å². The normalized spacial score (nSPS) is 18.5. The molecule has 0 radical (unpaired) electrons. The molecule has 1 unspecified atom stereocenters. The van der Waals surface area contributed by atoms with Gasteiger partial charge in [-0.25, -0.2) is 10.8 Å². The van der Waals surface area contributed by atoms with Crippen LogP contribution in [0.2, 0.25) is 0 Å². The Morgan fingerprint density at radius 2 is 2.15 bits per heavy atom. The summed E-state index contributed by atoms with van der Waals surface area (Å²) in [6.45, 7) is 2.92. The van der Waals surface area contributed by atoms with E-state index in [0.717, 1.165) is 30.2 Å². The molecule has 5 heteroatoms. The summed E-state index contributed by atoms with van der Waals surface area (Å²) in [6, 6.07) is 7.99. The summed E-state index contributed by atoms with van der Waals surface area (Å²) in [5.74, 6) is 6.13. The molecule has 104 valence electrons. The molecule has 1 amide bonds. The van der Waals surface area contributed by atoms with Crippen molar-refractivity contribution in [2.45, 2.75) is 25.8 Å². The lowest BCUT2D eigenvalue weighted by Crippen LogP contribution is -2.33. The van der Waals surface area contributed by atoms with Gasteiger partial charge in [-0.3, -0.25) is 4.79 Å². The number of hydrogen-bond acceptors (Lipinski definition) is 4. The number of nitrogens with zero attached hydrogens (tertiary/aromatic N) is 2. The van der Waals surface area contributed by atoms with Crippen LogP contribution in [0.3, 0.4) is 0 Å². The van der Waals surface area contributed by atoms with Gasteiger partial charge in [-0.05, 0) is 25.2 Å². The van der Waals surface area contributed by atoms with Crippen LogP contribution >= 0.6 is 0 Å². The third-order valence-electron chi connectivity index (χ3n) is 3.98. The first-order valence-electron chi connectivity index (χ1n) is 6.87. The molecule has 1 aliphatic heterocycles. The van der Waals surface area contributed by atoms with Crippen LogP contribution in [0, 0.1) is 0 Å². The summed E-state index contributed by atoms with van der Waals surface area (Å²) in [4.78, 5) is 18.9. The van der Waals surface area contributed by atoms with Gasteiger partial charge in [-0.1, -0.05) is 24.3 Å². The zero-order valence-electron chi connectivity index (χ0n) is 11.5. The largest absolute Gasteiger partial charge is 0.336 e. The number of nitrogen functional groups attached to an aromatic ring is 1. The fraction of sp³-hybridized carbons (Fsp3) is 0.333. The highest BCUT2D eigenvalue weighted by molar-refractivity contribution is 6.09. The molecule has 2 heterocycles. The van der Waals surface area contributed by atoms with E-state index in [2.05, 4.69) is 17.3 Å². The van der Waals surface area contributed by atoms with Crippen LogP contribution < -0.4 is 11.3 Å². The van der Waals surface area contributed by atoms with Gasteiger partial charge in [0.2, 0.25) is 0 Å². The van der Waals surface area contributed by atoms with Gasteiger partial charge in [0.15, 0.2) is 0 Å². The van der Waals surface area contributed by atoms with E-state index in [9.17, 15) is 4.79 Å². The minimum Gasteiger partial charge on any atom is -0.336 e. The van der Waals surface area contributed by atoms with Crippen LogP contribution in [-0.2, 0) is 0 Å². The van der Waals surface area contributed by atoms with Gasteiger partial charge in [0.05, 0.1) is 5.56 Å². The topological polar surface area (TPSA) is 71.2 Å². The van der Waals surface area contributed by atoms with Crippen molar-refractivity contribution in [3.63, 3.8) is 0 Å². The van der Waals surface area contributed by atoms with Gasteiger partial charge >= 0.3 is 0 Å². The first kappa shape index (κ1) is 12.9. The second-order valence-electron chi connectivity index (χ2n) is 5.20. The van der Waals surface area contributed by atoms with Crippen molar-refractivity contribution in [1.82, 2.24) is 9.88 Å². The lowest BCUT2D eigenvalue weighted by Gasteiger charge is -2.22. The molecule has 0 saturated carbocycles. The average Bonchev–Trinajstić information content (AvgIpc) is 2.91. The van der Waals surface area contributed by atoms with E-state index in [-0.39, 0.29) is 5.91 Å². The van der Waals surface area contributed by atoms with Gasteiger partial charge in [0.25, 0.3) is 5.91 Å². The molecule has 3 rings (SSSR count). The first-order valence-corrected chi connectivity index (χ1v) is 6.87. The molecule has 0 bridgehead atoms. The van der Waals surface area contributed by atoms with Crippen molar-refractivity contribution < 1.29 is 4.79 Å². The Labute approximate surface area is 117 Å². The van der Waals surface area contributed by atoms with Gasteiger partial charge in [0.1, 0.15) is 5.82 Å². The third-order valence-corrected chi connectivity index (χ3v) is 3.98. The quantitative estimate of drug-likeness (QED) is 0.648. The first-order chi connectivity index (χ1) is 9.72. The minimum atomic E-state index is 0.0577. The molecule has 3 N–H and O–H groups in total. The van der Waals surface area contributed by atoms with E-state index in [4.69, 9.17) is 5.84 Å². The van der Waals surface area contributed by atoms with Crippen LogP contribution in [-0.4, -0.2) is 28.4 Å². The smallest absolute Gasteiger partial charge is 0.256 e. The molecule has 1 fully saturated rings. The van der Waals surface area contributed by atoms with Crippen molar-refractivity contribution in [2.75, 3.05) is 12.0 Å². The summed E-state index contributed by atoms with van der Waals surface area (Å²) >= 11 is 0. The molecule has 1 saturated heterocycles. The number of likely N-dealkylation sites (tertiary alicyclic amines) is 1. The maximum Gasteiger partial charge on any atom is 0.256 e. The number of nitrogens with one attached hydrogen (secondary N) is 1. The van der Waals surface area contributed by atoms with E-state index < -0.39 is 0 Å². The zero-order chi connectivity index (χ0) is 14.1. The van der Waals surface area contributed by atoms with E-state index in [1.54, 1.807) is 6.20 Å². The number of fused-ring (bicyclic) bond motifs is 1. The van der Waals surface area contributed by atoms with Crippen molar-refractivity contribution in [2.24, 2.45) is 5.84 Å². The van der Waals surface area contributed by atoms with Gasteiger partial charge in [-0.2, -0.15) is 0 Å². The van der Waals surface area contributed by atoms with Crippen LogP contribution in [0.15, 0.2) is 30.5 Å². The average molecular weight is 270 g/mol. The molecule has 20 heavy (non-hydrogen) atoms. The highest BCUT2D eigenvalue weighted by Crippen LogP contribution is 2.27. The Morgan fingerprint density at radius 3 is 2.80 bits per heavy atom. The van der Waals surface area contributed by atoms with Gasteiger partial charge < -0.3 is 10.3 Å². The molecule has 1 aliphatic rings. The van der Waals surface area contributed by atoms with E-state index >= 15 is 0 Å². The molecule has 1 atom stereocenters. The second-order valence-corrected chi connectivity index (χ2v) is 5.20. The van der Waals surface area contributed by atoms with E-state index in [0.29, 0.717) is 17.4 Å². The predicted octanol–water partition coefficient (Wildman–Crippen LogP) is 2.14. The summed E-state index contributed by atoms with van der Waals surface area (Å²) in [5, 5.41) is 1.76. The maximum absolute atomic E-state index is 12.7. The SMILES string of the molecule is CC1CCCN1C(=O)c1cnc(NN)c2ccccc12. The van der Waals surface area contributed by atoms with Crippen molar-refractivity contribution in [3.8, 4) is 0 Å². The Bertz CT molecular complexity index is 655.